The SMILES string of the molecule is CCCC(CCC)C(=O)NCCCCCCC(=O)O. The van der Waals surface area contributed by atoms with Gasteiger partial charge in [-0.25, -0.2) is 0 Å². The van der Waals surface area contributed by atoms with Crippen LogP contribution in [0.25, 0.3) is 0 Å². The van der Waals surface area contributed by atoms with E-state index in [-0.39, 0.29) is 18.2 Å². The molecule has 0 aliphatic rings. The Balaban J connectivity index is 3.57. The molecule has 0 aliphatic carbocycles. The molecular formula is C15H29NO3. The van der Waals surface area contributed by atoms with E-state index in [1.165, 1.54) is 0 Å². The number of rotatable bonds is 12. The summed E-state index contributed by atoms with van der Waals surface area (Å²) in [5, 5.41) is 11.5. The van der Waals surface area contributed by atoms with Gasteiger partial charge in [0.2, 0.25) is 5.91 Å². The van der Waals surface area contributed by atoms with Crippen molar-refractivity contribution in [3.63, 3.8) is 0 Å². The molecular weight excluding hydrogens is 242 g/mol. The molecule has 0 rings (SSSR count). The number of amides is 1. The first-order valence-corrected chi connectivity index (χ1v) is 7.61. The molecule has 0 radical (unpaired) electrons. The number of aliphatic carboxylic acids is 1. The van der Waals surface area contributed by atoms with Gasteiger partial charge < -0.3 is 10.4 Å². The highest BCUT2D eigenvalue weighted by Gasteiger charge is 2.15. The summed E-state index contributed by atoms with van der Waals surface area (Å²) in [5.74, 6) is -0.369. The van der Waals surface area contributed by atoms with Crippen LogP contribution in [0, 0.1) is 5.92 Å². The van der Waals surface area contributed by atoms with Crippen molar-refractivity contribution in [2.24, 2.45) is 5.92 Å². The van der Waals surface area contributed by atoms with Crippen molar-refractivity contribution in [3.05, 3.63) is 0 Å². The van der Waals surface area contributed by atoms with Gasteiger partial charge in [0.05, 0.1) is 0 Å². The Morgan fingerprint density at radius 1 is 1.00 bits per heavy atom. The Labute approximate surface area is 117 Å². The smallest absolute Gasteiger partial charge is 0.303 e. The summed E-state index contributed by atoms with van der Waals surface area (Å²) in [7, 11) is 0. The van der Waals surface area contributed by atoms with Crippen LogP contribution in [-0.2, 0) is 9.59 Å². The Kier molecular flexibility index (Phi) is 11.3. The van der Waals surface area contributed by atoms with E-state index in [1.807, 2.05) is 0 Å². The number of hydrogen-bond donors (Lipinski definition) is 2. The van der Waals surface area contributed by atoms with E-state index in [9.17, 15) is 9.59 Å². The second-order valence-electron chi connectivity index (χ2n) is 5.12. The molecule has 0 aromatic carbocycles. The van der Waals surface area contributed by atoms with Gasteiger partial charge >= 0.3 is 5.97 Å². The van der Waals surface area contributed by atoms with Gasteiger partial charge in [-0.3, -0.25) is 9.59 Å². The van der Waals surface area contributed by atoms with Crippen LogP contribution in [0.2, 0.25) is 0 Å². The lowest BCUT2D eigenvalue weighted by Crippen LogP contribution is -2.31. The van der Waals surface area contributed by atoms with Crippen molar-refractivity contribution >= 4 is 11.9 Å². The first kappa shape index (κ1) is 17.9. The third-order valence-electron chi connectivity index (χ3n) is 3.26. The maximum Gasteiger partial charge on any atom is 0.303 e. The minimum absolute atomic E-state index is 0.169. The molecule has 4 nitrogen and oxygen atoms in total. The predicted molar refractivity (Wildman–Crippen MR) is 77.0 cm³/mol. The molecule has 4 heteroatoms. The van der Waals surface area contributed by atoms with Gasteiger partial charge in [-0.15, -0.1) is 0 Å². The molecule has 0 aromatic heterocycles. The van der Waals surface area contributed by atoms with Crippen molar-refractivity contribution in [1.82, 2.24) is 5.32 Å². The highest BCUT2D eigenvalue weighted by Crippen LogP contribution is 2.13. The molecule has 0 spiro atoms. The molecule has 2 N–H and O–H groups in total. The number of carbonyl (C=O) groups excluding carboxylic acids is 1. The van der Waals surface area contributed by atoms with Gasteiger partial charge in [0.15, 0.2) is 0 Å². The van der Waals surface area contributed by atoms with Crippen LogP contribution in [0.5, 0.6) is 0 Å². The molecule has 1 amide bonds. The fourth-order valence-electron chi connectivity index (χ4n) is 2.21. The zero-order valence-electron chi connectivity index (χ0n) is 12.4. The van der Waals surface area contributed by atoms with Crippen LogP contribution in [0.3, 0.4) is 0 Å². The van der Waals surface area contributed by atoms with Crippen molar-refractivity contribution in [1.29, 1.82) is 0 Å². The predicted octanol–water partition coefficient (Wildman–Crippen LogP) is 3.35. The molecule has 19 heavy (non-hydrogen) atoms. The maximum atomic E-state index is 11.9. The van der Waals surface area contributed by atoms with Gasteiger partial charge in [-0.2, -0.15) is 0 Å². The van der Waals surface area contributed by atoms with Crippen molar-refractivity contribution in [2.45, 2.75) is 71.6 Å². The molecule has 0 heterocycles. The van der Waals surface area contributed by atoms with Gasteiger partial charge in [-0.1, -0.05) is 39.5 Å². The number of nitrogens with one attached hydrogen (secondary N) is 1. The first-order chi connectivity index (χ1) is 9.11. The second-order valence-corrected chi connectivity index (χ2v) is 5.12. The average molecular weight is 271 g/mol. The van der Waals surface area contributed by atoms with Crippen LogP contribution in [0.1, 0.15) is 71.6 Å². The molecule has 0 fully saturated rings. The quantitative estimate of drug-likeness (QED) is 0.535. The summed E-state index contributed by atoms with van der Waals surface area (Å²) in [6.45, 7) is 4.94. The lowest BCUT2D eigenvalue weighted by Gasteiger charge is -2.15. The lowest BCUT2D eigenvalue weighted by molar-refractivity contribution is -0.137. The Hall–Kier alpha value is -1.06. The number of carbonyl (C=O) groups is 2. The van der Waals surface area contributed by atoms with E-state index >= 15 is 0 Å². The van der Waals surface area contributed by atoms with Crippen LogP contribution in [-0.4, -0.2) is 23.5 Å². The second kappa shape index (κ2) is 12.0. The van der Waals surface area contributed by atoms with E-state index in [0.717, 1.165) is 57.9 Å². The summed E-state index contributed by atoms with van der Waals surface area (Å²) in [5.41, 5.74) is 0. The first-order valence-electron chi connectivity index (χ1n) is 7.61. The third kappa shape index (κ3) is 10.5. The highest BCUT2D eigenvalue weighted by atomic mass is 16.4. The number of hydrogen-bond acceptors (Lipinski definition) is 2. The Morgan fingerprint density at radius 2 is 1.58 bits per heavy atom. The number of carboxylic acid groups (broad SMARTS) is 1. The normalized spacial score (nSPS) is 10.7. The summed E-state index contributed by atoms with van der Waals surface area (Å²) < 4.78 is 0. The van der Waals surface area contributed by atoms with E-state index in [1.54, 1.807) is 0 Å². The van der Waals surface area contributed by atoms with Crippen molar-refractivity contribution in [3.8, 4) is 0 Å². The number of carboxylic acids is 1. The molecule has 0 saturated heterocycles. The minimum atomic E-state index is -0.727. The molecule has 0 saturated carbocycles. The summed E-state index contributed by atoms with van der Waals surface area (Å²) in [6.07, 6.45) is 7.88. The molecule has 0 bridgehead atoms. The van der Waals surface area contributed by atoms with Crippen LogP contribution in [0.4, 0.5) is 0 Å². The van der Waals surface area contributed by atoms with Crippen molar-refractivity contribution < 1.29 is 14.7 Å². The molecule has 0 aliphatic heterocycles. The summed E-state index contributed by atoms with van der Waals surface area (Å²) in [4.78, 5) is 22.2. The molecule has 0 unspecified atom stereocenters. The average Bonchev–Trinajstić information content (AvgIpc) is 2.36. The van der Waals surface area contributed by atoms with Crippen LogP contribution >= 0.6 is 0 Å². The summed E-state index contributed by atoms with van der Waals surface area (Å²) >= 11 is 0. The van der Waals surface area contributed by atoms with Gasteiger partial charge in [0.25, 0.3) is 0 Å². The largest absolute Gasteiger partial charge is 0.481 e. The topological polar surface area (TPSA) is 66.4 Å². The fraction of sp³-hybridized carbons (Fsp3) is 0.867. The molecule has 0 aromatic rings. The minimum Gasteiger partial charge on any atom is -0.481 e. The molecule has 112 valence electrons. The third-order valence-corrected chi connectivity index (χ3v) is 3.26. The Morgan fingerprint density at radius 3 is 2.11 bits per heavy atom. The highest BCUT2D eigenvalue weighted by molar-refractivity contribution is 5.78. The van der Waals surface area contributed by atoms with Crippen molar-refractivity contribution in [2.75, 3.05) is 6.54 Å². The zero-order valence-corrected chi connectivity index (χ0v) is 12.4. The van der Waals surface area contributed by atoms with Gasteiger partial charge in [-0.05, 0) is 25.7 Å². The fourth-order valence-corrected chi connectivity index (χ4v) is 2.21. The standard InChI is InChI=1S/C15H29NO3/c1-3-9-13(10-4-2)15(19)16-12-8-6-5-7-11-14(17)18/h13H,3-12H2,1-2H3,(H,16,19)(H,17,18). The van der Waals surface area contributed by atoms with E-state index in [4.69, 9.17) is 5.11 Å². The van der Waals surface area contributed by atoms with Gasteiger partial charge in [0, 0.05) is 18.9 Å². The lowest BCUT2D eigenvalue weighted by atomic mass is 9.97. The molecule has 0 atom stereocenters. The number of unbranched alkanes of at least 4 members (excludes halogenated alkanes) is 3. The van der Waals surface area contributed by atoms with E-state index in [2.05, 4.69) is 19.2 Å². The van der Waals surface area contributed by atoms with Gasteiger partial charge in [0.1, 0.15) is 0 Å². The zero-order chi connectivity index (χ0) is 14.5. The van der Waals surface area contributed by atoms with Crippen LogP contribution in [0.15, 0.2) is 0 Å². The van der Waals surface area contributed by atoms with E-state index < -0.39 is 5.97 Å². The monoisotopic (exact) mass is 271 g/mol. The summed E-state index contributed by atoms with van der Waals surface area (Å²) in [6, 6.07) is 0. The van der Waals surface area contributed by atoms with E-state index in [0.29, 0.717) is 0 Å². The van der Waals surface area contributed by atoms with Crippen LogP contribution < -0.4 is 5.32 Å². The maximum absolute atomic E-state index is 11.9. The Bertz CT molecular complexity index is 248.